The van der Waals surface area contributed by atoms with Gasteiger partial charge in [-0.1, -0.05) is 38.0 Å². The summed E-state index contributed by atoms with van der Waals surface area (Å²) in [6.45, 7) is 7.99. The van der Waals surface area contributed by atoms with E-state index >= 15 is 0 Å². The Morgan fingerprint density at radius 2 is 1.86 bits per heavy atom. The number of urea groups is 1. The number of rotatable bonds is 4. The number of halogens is 1. The van der Waals surface area contributed by atoms with Crippen molar-refractivity contribution >= 4 is 6.03 Å². The number of allylic oxidation sites excluding steroid dienone is 1. The molecule has 2 amide bonds. The van der Waals surface area contributed by atoms with Crippen LogP contribution in [0.15, 0.2) is 47.2 Å². The fraction of sp³-hybridized carbons (Fsp3) is 0.522. The Morgan fingerprint density at radius 3 is 2.57 bits per heavy atom. The number of nitrogens with zero attached hydrogens (tertiary/aromatic N) is 1. The summed E-state index contributed by atoms with van der Waals surface area (Å²) < 4.78 is 13.4. The molecule has 4 rings (SSSR count). The van der Waals surface area contributed by atoms with Crippen LogP contribution in [0.3, 0.4) is 0 Å². The number of benzene rings is 1. The summed E-state index contributed by atoms with van der Waals surface area (Å²) in [6, 6.07) is 6.03. The van der Waals surface area contributed by atoms with Crippen molar-refractivity contribution in [3.8, 4) is 0 Å². The SMILES string of the molecule is CC1(C)CC(CCN2CCCCC2)=CC2=C1C(c1ccc(F)cc1)NC(=O)N2. The van der Waals surface area contributed by atoms with Crippen molar-refractivity contribution in [2.75, 3.05) is 19.6 Å². The minimum atomic E-state index is -0.263. The zero-order chi connectivity index (χ0) is 19.7. The average Bonchev–Trinajstić information content (AvgIpc) is 2.66. The summed E-state index contributed by atoms with van der Waals surface area (Å²) in [6.07, 6.45) is 8.17. The first-order valence-corrected chi connectivity index (χ1v) is 10.4. The maximum atomic E-state index is 13.4. The van der Waals surface area contributed by atoms with Crippen LogP contribution >= 0.6 is 0 Å². The normalized spacial score (nSPS) is 24.9. The standard InChI is InChI=1S/C23H30FN3O/c1-23(2)15-16(10-13-27-11-4-3-5-12-27)14-19-20(23)21(26-22(28)25-19)17-6-8-18(24)9-7-17/h6-9,14,21H,3-5,10-13,15H2,1-2H3,(H2,25,26,28). The van der Waals surface area contributed by atoms with Gasteiger partial charge in [-0.05, 0) is 73.5 Å². The summed E-state index contributed by atoms with van der Waals surface area (Å²) in [5, 5.41) is 6.06. The highest BCUT2D eigenvalue weighted by Crippen LogP contribution is 2.47. The van der Waals surface area contributed by atoms with Crippen molar-refractivity contribution in [3.63, 3.8) is 0 Å². The Balaban J connectivity index is 1.60. The molecule has 0 saturated carbocycles. The molecule has 0 spiro atoms. The molecular formula is C23H30FN3O. The van der Waals surface area contributed by atoms with E-state index in [0.717, 1.165) is 30.6 Å². The number of nitrogens with one attached hydrogen (secondary N) is 2. The van der Waals surface area contributed by atoms with Crippen molar-refractivity contribution in [1.29, 1.82) is 0 Å². The van der Waals surface area contributed by atoms with Gasteiger partial charge in [-0.3, -0.25) is 0 Å². The Kier molecular flexibility index (Phi) is 5.28. The second-order valence-electron chi connectivity index (χ2n) is 8.93. The van der Waals surface area contributed by atoms with E-state index in [-0.39, 0.29) is 23.3 Å². The third-order valence-corrected chi connectivity index (χ3v) is 6.25. The van der Waals surface area contributed by atoms with Crippen LogP contribution in [0.1, 0.15) is 57.6 Å². The summed E-state index contributed by atoms with van der Waals surface area (Å²) in [4.78, 5) is 14.9. The summed E-state index contributed by atoms with van der Waals surface area (Å²) in [5.74, 6) is -0.263. The van der Waals surface area contributed by atoms with Crippen LogP contribution in [0.25, 0.3) is 0 Å². The molecule has 150 valence electrons. The first-order valence-electron chi connectivity index (χ1n) is 10.4. The molecule has 2 N–H and O–H groups in total. The fourth-order valence-electron chi connectivity index (χ4n) is 4.92. The third kappa shape index (κ3) is 4.00. The van der Waals surface area contributed by atoms with Gasteiger partial charge in [-0.25, -0.2) is 9.18 Å². The van der Waals surface area contributed by atoms with Crippen molar-refractivity contribution in [2.45, 2.75) is 52.0 Å². The minimum absolute atomic E-state index is 0.0823. The van der Waals surface area contributed by atoms with Gasteiger partial charge >= 0.3 is 6.03 Å². The average molecular weight is 384 g/mol. The van der Waals surface area contributed by atoms with E-state index in [1.54, 1.807) is 12.1 Å². The lowest BCUT2D eigenvalue weighted by Crippen LogP contribution is -2.47. The Hall–Kier alpha value is -2.14. The van der Waals surface area contributed by atoms with Crippen LogP contribution in [0, 0.1) is 11.2 Å². The van der Waals surface area contributed by atoms with E-state index in [0.29, 0.717) is 0 Å². The van der Waals surface area contributed by atoms with Crippen LogP contribution in [-0.4, -0.2) is 30.6 Å². The van der Waals surface area contributed by atoms with Gasteiger partial charge in [-0.15, -0.1) is 0 Å². The second-order valence-corrected chi connectivity index (χ2v) is 8.93. The molecule has 1 saturated heterocycles. The van der Waals surface area contributed by atoms with E-state index in [4.69, 9.17) is 0 Å². The van der Waals surface area contributed by atoms with Gasteiger partial charge in [0.25, 0.3) is 0 Å². The number of carbonyl (C=O) groups excluding carboxylic acids is 1. The summed E-state index contributed by atoms with van der Waals surface area (Å²) in [7, 11) is 0. The Bertz CT molecular complexity index is 804. The van der Waals surface area contributed by atoms with E-state index < -0.39 is 0 Å². The second kappa shape index (κ2) is 7.70. The third-order valence-electron chi connectivity index (χ3n) is 6.25. The van der Waals surface area contributed by atoms with Crippen molar-refractivity contribution in [2.24, 2.45) is 5.41 Å². The van der Waals surface area contributed by atoms with Gasteiger partial charge in [0.2, 0.25) is 0 Å². The van der Waals surface area contributed by atoms with Crippen molar-refractivity contribution < 1.29 is 9.18 Å². The Morgan fingerprint density at radius 1 is 1.14 bits per heavy atom. The van der Waals surface area contributed by atoms with E-state index in [1.807, 2.05) is 0 Å². The van der Waals surface area contributed by atoms with Crippen LogP contribution in [0.5, 0.6) is 0 Å². The summed E-state index contributed by atoms with van der Waals surface area (Å²) in [5.41, 5.74) is 4.33. The molecule has 0 bridgehead atoms. The largest absolute Gasteiger partial charge is 0.327 e. The van der Waals surface area contributed by atoms with Gasteiger partial charge in [0.1, 0.15) is 5.82 Å². The molecule has 2 aliphatic heterocycles. The van der Waals surface area contributed by atoms with Crippen LogP contribution in [0.4, 0.5) is 9.18 Å². The lowest BCUT2D eigenvalue weighted by Gasteiger charge is -2.42. The maximum absolute atomic E-state index is 13.4. The molecule has 28 heavy (non-hydrogen) atoms. The molecule has 2 heterocycles. The van der Waals surface area contributed by atoms with E-state index in [1.165, 1.54) is 55.6 Å². The molecule has 1 fully saturated rings. The van der Waals surface area contributed by atoms with Crippen LogP contribution < -0.4 is 10.6 Å². The molecule has 1 aromatic carbocycles. The van der Waals surface area contributed by atoms with E-state index in [9.17, 15) is 9.18 Å². The molecule has 0 aromatic heterocycles. The van der Waals surface area contributed by atoms with E-state index in [2.05, 4.69) is 35.5 Å². The predicted octanol–water partition coefficient (Wildman–Crippen LogP) is 4.67. The number of hydrogen-bond acceptors (Lipinski definition) is 2. The smallest absolute Gasteiger partial charge is 0.319 e. The van der Waals surface area contributed by atoms with Crippen LogP contribution in [-0.2, 0) is 0 Å². The molecule has 1 unspecified atom stereocenters. The molecule has 1 aromatic rings. The highest BCUT2D eigenvalue weighted by molar-refractivity contribution is 5.80. The monoisotopic (exact) mass is 383 g/mol. The molecule has 0 radical (unpaired) electrons. The topological polar surface area (TPSA) is 44.4 Å². The van der Waals surface area contributed by atoms with Crippen molar-refractivity contribution in [3.05, 3.63) is 58.6 Å². The highest BCUT2D eigenvalue weighted by Gasteiger charge is 2.39. The summed E-state index contributed by atoms with van der Waals surface area (Å²) >= 11 is 0. The van der Waals surface area contributed by atoms with Crippen LogP contribution in [0.2, 0.25) is 0 Å². The number of carbonyl (C=O) groups is 1. The quantitative estimate of drug-likeness (QED) is 0.794. The lowest BCUT2D eigenvalue weighted by atomic mass is 9.69. The zero-order valence-corrected chi connectivity index (χ0v) is 16.9. The van der Waals surface area contributed by atoms with Gasteiger partial charge in [-0.2, -0.15) is 0 Å². The predicted molar refractivity (Wildman–Crippen MR) is 109 cm³/mol. The first kappa shape index (κ1) is 19.2. The number of amides is 2. The number of likely N-dealkylation sites (tertiary alicyclic amines) is 1. The maximum Gasteiger partial charge on any atom is 0.319 e. The van der Waals surface area contributed by atoms with Crippen molar-refractivity contribution in [1.82, 2.24) is 15.5 Å². The minimum Gasteiger partial charge on any atom is -0.327 e. The highest BCUT2D eigenvalue weighted by atomic mass is 19.1. The molecule has 1 aliphatic carbocycles. The fourth-order valence-corrected chi connectivity index (χ4v) is 4.92. The molecule has 4 nitrogen and oxygen atoms in total. The number of hydrogen-bond donors (Lipinski definition) is 2. The molecular weight excluding hydrogens is 353 g/mol. The number of piperidine rings is 1. The molecule has 1 atom stereocenters. The van der Waals surface area contributed by atoms with Gasteiger partial charge < -0.3 is 15.5 Å². The van der Waals surface area contributed by atoms with Gasteiger partial charge in [0, 0.05) is 12.2 Å². The first-order chi connectivity index (χ1) is 13.4. The molecule has 5 heteroatoms. The van der Waals surface area contributed by atoms with Gasteiger partial charge in [0.05, 0.1) is 6.04 Å². The Labute approximate surface area is 166 Å². The molecule has 3 aliphatic rings. The zero-order valence-electron chi connectivity index (χ0n) is 16.9. The lowest BCUT2D eigenvalue weighted by molar-refractivity contribution is 0.227. The van der Waals surface area contributed by atoms with Gasteiger partial charge in [0.15, 0.2) is 0 Å².